The molecule has 1 aliphatic rings. The molecule has 1 fully saturated rings. The third-order valence-corrected chi connectivity index (χ3v) is 4.68. The van der Waals surface area contributed by atoms with Gasteiger partial charge in [-0.1, -0.05) is 12.1 Å². The molecule has 1 aromatic carbocycles. The largest absolute Gasteiger partial charge is 0.381 e. The van der Waals surface area contributed by atoms with Crippen molar-refractivity contribution in [3.8, 4) is 0 Å². The van der Waals surface area contributed by atoms with Gasteiger partial charge < -0.3 is 20.4 Å². The lowest BCUT2D eigenvalue weighted by molar-refractivity contribution is -0.124. The molecule has 8 heteroatoms. The summed E-state index contributed by atoms with van der Waals surface area (Å²) in [5.41, 5.74) is 8.17. The number of para-hydroxylation sites is 2. The number of hydrogen-bond acceptors (Lipinski definition) is 4. The van der Waals surface area contributed by atoms with Gasteiger partial charge in [0.05, 0.1) is 23.6 Å². The van der Waals surface area contributed by atoms with Crippen LogP contribution < -0.4 is 11.1 Å². The van der Waals surface area contributed by atoms with Gasteiger partial charge in [0.25, 0.3) is 0 Å². The number of hydrogen-bond donors (Lipinski definition) is 2. The first-order chi connectivity index (χ1) is 11.6. The van der Waals surface area contributed by atoms with Crippen molar-refractivity contribution in [1.29, 1.82) is 0 Å². The van der Waals surface area contributed by atoms with Gasteiger partial charge in [-0.15, -0.1) is 24.8 Å². The normalized spacial score (nSPS) is 16.0. The van der Waals surface area contributed by atoms with E-state index in [9.17, 15) is 4.79 Å². The van der Waals surface area contributed by atoms with Gasteiger partial charge in [-0.2, -0.15) is 0 Å². The number of nitrogens with two attached hydrogens (primary N) is 1. The van der Waals surface area contributed by atoms with Crippen LogP contribution in [0.5, 0.6) is 0 Å². The van der Waals surface area contributed by atoms with Crippen LogP contribution in [0.4, 0.5) is 0 Å². The molecule has 26 heavy (non-hydrogen) atoms. The van der Waals surface area contributed by atoms with Gasteiger partial charge in [0.15, 0.2) is 0 Å². The molecule has 1 aliphatic heterocycles. The number of carbonyl (C=O) groups is 1. The van der Waals surface area contributed by atoms with Crippen molar-refractivity contribution in [3.05, 3.63) is 30.1 Å². The maximum absolute atomic E-state index is 12.4. The second-order valence-electron chi connectivity index (χ2n) is 6.67. The molecule has 1 amide bonds. The van der Waals surface area contributed by atoms with Gasteiger partial charge in [-0.3, -0.25) is 4.79 Å². The number of aromatic nitrogens is 2. The standard InChI is InChI=1S/C18H26N4O2.2ClH/c1-12(2)22-15-6-4-3-5-14(15)21-16(22)11-20-18(23)17(19)13-7-9-24-10-8-13;;/h3-6,12-13,17H,7-11,19H2,1-2H3,(H,20,23);2*1H. The molecule has 1 atom stereocenters. The van der Waals surface area contributed by atoms with Crippen molar-refractivity contribution in [3.63, 3.8) is 0 Å². The minimum Gasteiger partial charge on any atom is -0.381 e. The van der Waals surface area contributed by atoms with Crippen molar-refractivity contribution in [1.82, 2.24) is 14.9 Å². The molecule has 146 valence electrons. The van der Waals surface area contributed by atoms with Gasteiger partial charge in [-0.05, 0) is 44.7 Å². The molecule has 0 aliphatic carbocycles. The molecule has 1 aromatic heterocycles. The SMILES string of the molecule is CC(C)n1c(CNC(=O)C(N)C2CCOCC2)nc2ccccc21.Cl.Cl. The maximum atomic E-state index is 12.4. The highest BCUT2D eigenvalue weighted by Crippen LogP contribution is 2.21. The Hall–Kier alpha value is -1.34. The molecule has 1 saturated heterocycles. The Kier molecular flexibility index (Phi) is 8.83. The number of fused-ring (bicyclic) bond motifs is 1. The Morgan fingerprint density at radius 3 is 2.62 bits per heavy atom. The fourth-order valence-corrected chi connectivity index (χ4v) is 3.37. The zero-order valence-corrected chi connectivity index (χ0v) is 16.8. The van der Waals surface area contributed by atoms with Gasteiger partial charge in [-0.25, -0.2) is 4.98 Å². The Balaban J connectivity index is 0.00000169. The summed E-state index contributed by atoms with van der Waals surface area (Å²) < 4.78 is 7.50. The summed E-state index contributed by atoms with van der Waals surface area (Å²) in [6.07, 6.45) is 1.69. The van der Waals surface area contributed by atoms with E-state index in [1.807, 2.05) is 18.2 Å². The smallest absolute Gasteiger partial charge is 0.237 e. The first kappa shape index (κ1) is 22.7. The second-order valence-corrected chi connectivity index (χ2v) is 6.67. The number of nitrogens with one attached hydrogen (secondary N) is 1. The lowest BCUT2D eigenvalue weighted by atomic mass is 9.92. The van der Waals surface area contributed by atoms with Crippen LogP contribution in [-0.4, -0.2) is 34.7 Å². The van der Waals surface area contributed by atoms with Crippen molar-refractivity contribution in [2.75, 3.05) is 13.2 Å². The number of halogens is 2. The molecular formula is C18H28Cl2N4O2. The zero-order chi connectivity index (χ0) is 17.1. The van der Waals surface area contributed by atoms with Crippen molar-refractivity contribution >= 4 is 41.8 Å². The Labute approximate surface area is 166 Å². The molecule has 2 heterocycles. The maximum Gasteiger partial charge on any atom is 0.237 e. The van der Waals surface area contributed by atoms with E-state index in [0.717, 1.165) is 29.7 Å². The quantitative estimate of drug-likeness (QED) is 0.805. The molecule has 2 aromatic rings. The Morgan fingerprint density at radius 1 is 1.31 bits per heavy atom. The van der Waals surface area contributed by atoms with E-state index < -0.39 is 6.04 Å². The molecular weight excluding hydrogens is 375 g/mol. The second kappa shape index (κ2) is 10.1. The van der Waals surface area contributed by atoms with Gasteiger partial charge in [0.2, 0.25) is 5.91 Å². The fraction of sp³-hybridized carbons (Fsp3) is 0.556. The van der Waals surface area contributed by atoms with Crippen LogP contribution in [-0.2, 0) is 16.1 Å². The van der Waals surface area contributed by atoms with Crippen LogP contribution in [0.15, 0.2) is 24.3 Å². The minimum absolute atomic E-state index is 0. The van der Waals surface area contributed by atoms with Crippen LogP contribution in [0.2, 0.25) is 0 Å². The number of imidazole rings is 1. The third kappa shape index (κ3) is 4.88. The summed E-state index contributed by atoms with van der Waals surface area (Å²) >= 11 is 0. The summed E-state index contributed by atoms with van der Waals surface area (Å²) in [6, 6.07) is 7.82. The number of nitrogens with zero attached hydrogens (tertiary/aromatic N) is 2. The van der Waals surface area contributed by atoms with E-state index in [-0.39, 0.29) is 42.7 Å². The molecule has 3 N–H and O–H groups in total. The summed E-state index contributed by atoms with van der Waals surface area (Å²) in [5, 5.41) is 2.96. The highest BCUT2D eigenvalue weighted by molar-refractivity contribution is 5.85. The minimum atomic E-state index is -0.481. The number of ether oxygens (including phenoxy) is 1. The number of amides is 1. The number of rotatable bonds is 5. The topological polar surface area (TPSA) is 82.2 Å². The molecule has 0 radical (unpaired) electrons. The first-order valence-corrected chi connectivity index (χ1v) is 8.65. The van der Waals surface area contributed by atoms with Crippen molar-refractivity contribution in [2.24, 2.45) is 11.7 Å². The van der Waals surface area contributed by atoms with E-state index in [2.05, 4.69) is 34.8 Å². The molecule has 1 unspecified atom stereocenters. The highest BCUT2D eigenvalue weighted by Gasteiger charge is 2.26. The molecule has 0 saturated carbocycles. The van der Waals surface area contributed by atoms with Crippen molar-refractivity contribution < 1.29 is 9.53 Å². The lowest BCUT2D eigenvalue weighted by Crippen LogP contribution is -2.47. The van der Waals surface area contributed by atoms with E-state index in [0.29, 0.717) is 19.8 Å². The fourth-order valence-electron chi connectivity index (χ4n) is 3.37. The molecule has 0 bridgehead atoms. The van der Waals surface area contributed by atoms with Gasteiger partial charge in [0, 0.05) is 19.3 Å². The van der Waals surface area contributed by atoms with Crippen LogP contribution in [0.1, 0.15) is 38.6 Å². The predicted octanol–water partition coefficient (Wildman–Crippen LogP) is 2.83. The highest BCUT2D eigenvalue weighted by atomic mass is 35.5. The third-order valence-electron chi connectivity index (χ3n) is 4.68. The van der Waals surface area contributed by atoms with Crippen LogP contribution in [0.3, 0.4) is 0 Å². The average Bonchev–Trinajstić information content (AvgIpc) is 2.98. The van der Waals surface area contributed by atoms with E-state index in [1.54, 1.807) is 0 Å². The van der Waals surface area contributed by atoms with Gasteiger partial charge >= 0.3 is 0 Å². The van der Waals surface area contributed by atoms with Crippen LogP contribution >= 0.6 is 24.8 Å². The van der Waals surface area contributed by atoms with E-state index in [4.69, 9.17) is 10.5 Å². The Bertz CT molecular complexity index is 714. The predicted molar refractivity (Wildman–Crippen MR) is 108 cm³/mol. The monoisotopic (exact) mass is 402 g/mol. The summed E-state index contributed by atoms with van der Waals surface area (Å²) in [7, 11) is 0. The lowest BCUT2D eigenvalue weighted by Gasteiger charge is -2.26. The van der Waals surface area contributed by atoms with Crippen LogP contribution in [0.25, 0.3) is 11.0 Å². The number of benzene rings is 1. The first-order valence-electron chi connectivity index (χ1n) is 8.65. The average molecular weight is 403 g/mol. The van der Waals surface area contributed by atoms with Gasteiger partial charge in [0.1, 0.15) is 5.82 Å². The Morgan fingerprint density at radius 2 is 1.96 bits per heavy atom. The molecule has 6 nitrogen and oxygen atoms in total. The van der Waals surface area contributed by atoms with E-state index >= 15 is 0 Å². The summed E-state index contributed by atoms with van der Waals surface area (Å²) in [6.45, 7) is 6.01. The molecule has 0 spiro atoms. The summed E-state index contributed by atoms with van der Waals surface area (Å²) in [5.74, 6) is 0.950. The molecule has 3 rings (SSSR count). The zero-order valence-electron chi connectivity index (χ0n) is 15.2. The van der Waals surface area contributed by atoms with E-state index in [1.165, 1.54) is 0 Å². The summed E-state index contributed by atoms with van der Waals surface area (Å²) in [4.78, 5) is 17.1. The number of carbonyl (C=O) groups excluding carboxylic acids is 1. The van der Waals surface area contributed by atoms with Crippen LogP contribution in [0, 0.1) is 5.92 Å². The van der Waals surface area contributed by atoms with Crippen molar-refractivity contribution in [2.45, 2.75) is 45.3 Å².